The van der Waals surface area contributed by atoms with E-state index in [-0.39, 0.29) is 18.1 Å². The van der Waals surface area contributed by atoms with E-state index in [2.05, 4.69) is 17.0 Å². The maximum atomic E-state index is 11.6. The first-order chi connectivity index (χ1) is 13.0. The highest BCUT2D eigenvalue weighted by molar-refractivity contribution is 5.76. The molecule has 27 heavy (non-hydrogen) atoms. The van der Waals surface area contributed by atoms with Crippen LogP contribution in [0.15, 0.2) is 24.3 Å². The van der Waals surface area contributed by atoms with Gasteiger partial charge in [-0.3, -0.25) is 9.69 Å². The lowest BCUT2D eigenvalue weighted by Crippen LogP contribution is -2.64. The summed E-state index contributed by atoms with van der Waals surface area (Å²) in [7, 11) is 5.22. The molecule has 0 N–H and O–H groups in total. The second-order valence-electron chi connectivity index (χ2n) is 7.98. The number of methoxy groups -OCH3 is 1. The van der Waals surface area contributed by atoms with E-state index in [0.29, 0.717) is 12.5 Å². The molecule has 1 atom stereocenters. The van der Waals surface area contributed by atoms with E-state index in [1.807, 2.05) is 12.1 Å². The quantitative estimate of drug-likeness (QED) is 0.651. The first kappa shape index (κ1) is 20.1. The number of ether oxygens (including phenoxy) is 3. The molecule has 1 aromatic rings. The van der Waals surface area contributed by atoms with Crippen LogP contribution in [0.25, 0.3) is 0 Å². The van der Waals surface area contributed by atoms with Crippen molar-refractivity contribution < 1.29 is 19.0 Å². The molecule has 0 radical (unpaired) electrons. The molecular weight excluding hydrogens is 344 g/mol. The third kappa shape index (κ3) is 5.21. The average Bonchev–Trinajstić information content (AvgIpc) is 2.64. The van der Waals surface area contributed by atoms with Gasteiger partial charge in [0.2, 0.25) is 5.91 Å². The van der Waals surface area contributed by atoms with Gasteiger partial charge in [-0.15, -0.1) is 0 Å². The Morgan fingerprint density at radius 1 is 1.33 bits per heavy atom. The van der Waals surface area contributed by atoms with Gasteiger partial charge in [0.15, 0.2) is 0 Å². The molecule has 3 rings (SSSR count). The van der Waals surface area contributed by atoms with Crippen LogP contribution in [0.2, 0.25) is 0 Å². The van der Waals surface area contributed by atoms with Gasteiger partial charge in [-0.1, -0.05) is 18.2 Å². The summed E-state index contributed by atoms with van der Waals surface area (Å²) in [5, 5.41) is 0. The molecule has 150 valence electrons. The molecule has 0 aromatic heterocycles. The van der Waals surface area contributed by atoms with E-state index in [1.165, 1.54) is 5.56 Å². The molecule has 2 aliphatic rings. The van der Waals surface area contributed by atoms with Crippen LogP contribution in [0.4, 0.5) is 0 Å². The van der Waals surface area contributed by atoms with Crippen LogP contribution in [-0.2, 0) is 20.8 Å². The fourth-order valence-electron chi connectivity index (χ4n) is 4.09. The van der Waals surface area contributed by atoms with E-state index in [1.54, 1.807) is 26.1 Å². The Hall–Kier alpha value is -1.63. The van der Waals surface area contributed by atoms with Crippen molar-refractivity contribution in [1.29, 1.82) is 0 Å². The smallest absolute Gasteiger partial charge is 0.248 e. The van der Waals surface area contributed by atoms with Gasteiger partial charge in [-0.25, -0.2) is 0 Å². The lowest BCUT2D eigenvalue weighted by molar-refractivity contribution is -0.182. The largest absolute Gasteiger partial charge is 0.496 e. The van der Waals surface area contributed by atoms with E-state index < -0.39 is 0 Å². The molecule has 1 spiro atoms. The summed E-state index contributed by atoms with van der Waals surface area (Å²) in [5.74, 6) is 1.58. The number of likely N-dealkylation sites (N-methyl/N-ethyl adjacent to an activating group) is 1. The summed E-state index contributed by atoms with van der Waals surface area (Å²) in [5.41, 5.74) is 1.23. The van der Waals surface area contributed by atoms with Crippen molar-refractivity contribution >= 4 is 5.91 Å². The van der Waals surface area contributed by atoms with Crippen LogP contribution in [0.1, 0.15) is 24.8 Å². The molecule has 2 fully saturated rings. The normalized spacial score (nSPS) is 21.7. The summed E-state index contributed by atoms with van der Waals surface area (Å²) in [6.45, 7) is 4.49. The van der Waals surface area contributed by atoms with Crippen molar-refractivity contribution in [2.75, 3.05) is 54.1 Å². The zero-order valence-corrected chi connectivity index (χ0v) is 16.8. The molecule has 6 nitrogen and oxygen atoms in total. The summed E-state index contributed by atoms with van der Waals surface area (Å²) in [4.78, 5) is 15.5. The molecule has 0 aliphatic carbocycles. The number of carbonyl (C=O) groups excluding carboxylic acids is 1. The van der Waals surface area contributed by atoms with Crippen LogP contribution in [0.5, 0.6) is 5.75 Å². The van der Waals surface area contributed by atoms with Gasteiger partial charge in [0, 0.05) is 52.5 Å². The van der Waals surface area contributed by atoms with Gasteiger partial charge >= 0.3 is 0 Å². The summed E-state index contributed by atoms with van der Waals surface area (Å²) in [6.07, 6.45) is 3.16. The van der Waals surface area contributed by atoms with Gasteiger partial charge in [0.05, 0.1) is 12.7 Å². The lowest BCUT2D eigenvalue weighted by atomic mass is 9.79. The van der Waals surface area contributed by atoms with Gasteiger partial charge in [-0.05, 0) is 31.2 Å². The van der Waals surface area contributed by atoms with Crippen LogP contribution < -0.4 is 4.74 Å². The molecule has 1 amide bonds. The van der Waals surface area contributed by atoms with E-state index in [9.17, 15) is 4.79 Å². The number of hydrogen-bond donors (Lipinski definition) is 0. The molecule has 0 saturated carbocycles. The van der Waals surface area contributed by atoms with Crippen molar-refractivity contribution in [3.8, 4) is 5.75 Å². The highest BCUT2D eigenvalue weighted by atomic mass is 16.5. The monoisotopic (exact) mass is 376 g/mol. The molecule has 2 heterocycles. The maximum absolute atomic E-state index is 11.6. The summed E-state index contributed by atoms with van der Waals surface area (Å²) < 4.78 is 17.2. The highest BCUT2D eigenvalue weighted by Crippen LogP contribution is 2.39. The molecular formula is C21H32N2O4. The van der Waals surface area contributed by atoms with Crippen molar-refractivity contribution in [3.63, 3.8) is 0 Å². The first-order valence-electron chi connectivity index (χ1n) is 9.77. The minimum atomic E-state index is 0.00435. The molecule has 2 saturated heterocycles. The Labute approximate surface area is 162 Å². The van der Waals surface area contributed by atoms with Crippen LogP contribution in [0.3, 0.4) is 0 Å². The highest BCUT2D eigenvalue weighted by Gasteiger charge is 2.47. The average molecular weight is 376 g/mol. The van der Waals surface area contributed by atoms with Gasteiger partial charge in [0.25, 0.3) is 0 Å². The van der Waals surface area contributed by atoms with E-state index in [0.717, 1.165) is 51.3 Å². The fraction of sp³-hybridized carbons (Fsp3) is 0.667. The Kier molecular flexibility index (Phi) is 6.73. The Bertz CT molecular complexity index is 628. The van der Waals surface area contributed by atoms with Gasteiger partial charge in [0.1, 0.15) is 12.4 Å². The number of amides is 1. The predicted molar refractivity (Wildman–Crippen MR) is 104 cm³/mol. The predicted octanol–water partition coefficient (Wildman–Crippen LogP) is 2.17. The van der Waals surface area contributed by atoms with E-state index in [4.69, 9.17) is 14.2 Å². The fourth-order valence-corrected chi connectivity index (χ4v) is 4.09. The molecule has 0 unspecified atom stereocenters. The summed E-state index contributed by atoms with van der Waals surface area (Å²) in [6, 6.07) is 8.20. The van der Waals surface area contributed by atoms with Crippen molar-refractivity contribution in [2.45, 2.75) is 31.4 Å². The van der Waals surface area contributed by atoms with Crippen molar-refractivity contribution in [2.24, 2.45) is 5.92 Å². The lowest BCUT2D eigenvalue weighted by Gasteiger charge is -2.53. The Morgan fingerprint density at radius 3 is 2.85 bits per heavy atom. The molecule has 0 bridgehead atoms. The van der Waals surface area contributed by atoms with Crippen LogP contribution >= 0.6 is 0 Å². The first-order valence-corrected chi connectivity index (χ1v) is 9.77. The minimum absolute atomic E-state index is 0.00435. The molecule has 6 heteroatoms. The maximum Gasteiger partial charge on any atom is 0.248 e. The SMILES string of the molecule is COc1ccccc1CN1CC2(C[C@H](CCOCC(=O)N(C)C)CCO2)C1. The number of likely N-dealkylation sites (tertiary alicyclic amines) is 1. The number of benzene rings is 1. The van der Waals surface area contributed by atoms with Crippen LogP contribution in [0, 0.1) is 5.92 Å². The Morgan fingerprint density at radius 2 is 2.11 bits per heavy atom. The topological polar surface area (TPSA) is 51.2 Å². The summed E-state index contributed by atoms with van der Waals surface area (Å²) >= 11 is 0. The standard InChI is InChI=1S/C21H32N2O4/c1-22(2)20(24)14-26-10-8-17-9-11-27-21(12-17)15-23(16-21)13-18-6-4-5-7-19(18)25-3/h4-7,17H,8-16H2,1-3H3/t17-/m1/s1. The number of rotatable bonds is 8. The minimum Gasteiger partial charge on any atom is -0.496 e. The zero-order valence-electron chi connectivity index (χ0n) is 16.8. The third-order valence-corrected chi connectivity index (χ3v) is 5.60. The van der Waals surface area contributed by atoms with Crippen LogP contribution in [-0.4, -0.2) is 75.4 Å². The number of para-hydroxylation sites is 1. The number of hydrogen-bond acceptors (Lipinski definition) is 5. The molecule has 1 aromatic carbocycles. The van der Waals surface area contributed by atoms with Crippen molar-refractivity contribution in [3.05, 3.63) is 29.8 Å². The van der Waals surface area contributed by atoms with E-state index >= 15 is 0 Å². The second-order valence-corrected chi connectivity index (χ2v) is 7.98. The number of nitrogens with zero attached hydrogens (tertiary/aromatic N) is 2. The van der Waals surface area contributed by atoms with Gasteiger partial charge < -0.3 is 19.1 Å². The van der Waals surface area contributed by atoms with Crippen molar-refractivity contribution in [1.82, 2.24) is 9.80 Å². The second kappa shape index (κ2) is 9.04. The number of carbonyl (C=O) groups is 1. The third-order valence-electron chi connectivity index (χ3n) is 5.60. The molecule has 2 aliphatic heterocycles. The Balaban J connectivity index is 1.41. The zero-order chi connectivity index (χ0) is 19.3. The van der Waals surface area contributed by atoms with Gasteiger partial charge in [-0.2, -0.15) is 0 Å².